The zero-order chi connectivity index (χ0) is 21.1. The van der Waals surface area contributed by atoms with E-state index in [4.69, 9.17) is 16.3 Å². The highest BCUT2D eigenvalue weighted by Gasteiger charge is 2.46. The fourth-order valence-corrected chi connectivity index (χ4v) is 5.06. The topological polar surface area (TPSA) is 138 Å². The van der Waals surface area contributed by atoms with E-state index in [1.165, 1.54) is 29.7 Å². The van der Waals surface area contributed by atoms with Crippen LogP contribution in [0.2, 0.25) is 0 Å². The number of thioether (sulfide) groups is 1. The molecule has 5 unspecified atom stereocenters. The summed E-state index contributed by atoms with van der Waals surface area (Å²) in [5, 5.41) is 34.4. The first-order valence-corrected chi connectivity index (χ1v) is 11.0. The number of rotatable bonds is 6. The van der Waals surface area contributed by atoms with E-state index in [9.17, 15) is 19.7 Å². The molecule has 0 radical (unpaired) electrons. The Balaban J connectivity index is 1.83. The van der Waals surface area contributed by atoms with Crippen molar-refractivity contribution in [1.29, 1.82) is 0 Å². The molecule has 158 valence electrons. The van der Waals surface area contributed by atoms with Gasteiger partial charge in [-0.2, -0.15) is 0 Å². The van der Waals surface area contributed by atoms with Gasteiger partial charge in [-0.1, -0.05) is 11.8 Å². The zero-order valence-corrected chi connectivity index (χ0v) is 18.1. The molecule has 29 heavy (non-hydrogen) atoms. The van der Waals surface area contributed by atoms with E-state index in [0.717, 1.165) is 16.8 Å². The van der Waals surface area contributed by atoms with E-state index < -0.39 is 42.2 Å². The van der Waals surface area contributed by atoms with Gasteiger partial charge >= 0.3 is 0 Å². The molecule has 1 aliphatic heterocycles. The number of hydrogen-bond donors (Lipinski definition) is 5. The van der Waals surface area contributed by atoms with Gasteiger partial charge in [-0.25, -0.2) is 15.2 Å². The first-order chi connectivity index (χ1) is 13.8. The van der Waals surface area contributed by atoms with Crippen LogP contribution in [0.3, 0.4) is 0 Å². The predicted octanol–water partition coefficient (Wildman–Crippen LogP) is 1.08. The summed E-state index contributed by atoms with van der Waals surface area (Å²) in [5.74, 6) is 5.66. The van der Waals surface area contributed by atoms with Crippen LogP contribution < -0.4 is 11.6 Å². The van der Waals surface area contributed by atoms with Crippen LogP contribution in [0.4, 0.5) is 4.39 Å². The van der Waals surface area contributed by atoms with Crippen LogP contribution in [0.25, 0.3) is 5.70 Å². The van der Waals surface area contributed by atoms with Gasteiger partial charge in [-0.15, -0.1) is 11.3 Å². The van der Waals surface area contributed by atoms with Crippen molar-refractivity contribution in [3.05, 3.63) is 51.3 Å². The Morgan fingerprint density at radius 1 is 1.41 bits per heavy atom. The highest BCUT2D eigenvalue weighted by molar-refractivity contribution is 9.10. The van der Waals surface area contributed by atoms with Crippen molar-refractivity contribution in [3.8, 4) is 0 Å². The second-order valence-electron chi connectivity index (χ2n) is 6.26. The third-order valence-corrected chi connectivity index (χ3v) is 6.88. The Kier molecular flexibility index (Phi) is 7.51. The highest BCUT2D eigenvalue weighted by atomic mass is 79.9. The number of ether oxygens (including phenoxy) is 1. The number of thiazole rings is 1. The largest absolute Gasteiger partial charge is 0.395 e. The summed E-state index contributed by atoms with van der Waals surface area (Å²) >= 11 is 5.55. The Morgan fingerprint density at radius 2 is 2.17 bits per heavy atom. The fraction of sp³-hybridized carbons (Fsp3) is 0.353. The van der Waals surface area contributed by atoms with Crippen molar-refractivity contribution in [2.45, 2.75) is 34.7 Å². The lowest BCUT2D eigenvalue weighted by Crippen LogP contribution is -2.64. The lowest BCUT2D eigenvalue weighted by molar-refractivity contribution is -0.184. The van der Waals surface area contributed by atoms with Crippen LogP contribution >= 0.6 is 39.0 Å². The van der Waals surface area contributed by atoms with Gasteiger partial charge in [0.05, 0.1) is 16.8 Å². The molecule has 7 N–H and O–H groups in total. The Bertz CT molecular complexity index is 860. The monoisotopic (exact) mass is 506 g/mol. The summed E-state index contributed by atoms with van der Waals surface area (Å²) in [6.07, 6.45) is -0.546. The van der Waals surface area contributed by atoms with Gasteiger partial charge in [-0.05, 0) is 34.1 Å². The molecule has 0 spiro atoms. The van der Waals surface area contributed by atoms with Gasteiger partial charge in [0.2, 0.25) is 0 Å². The molecule has 0 bridgehead atoms. The molecule has 0 saturated carbocycles. The van der Waals surface area contributed by atoms with Crippen molar-refractivity contribution in [2.24, 2.45) is 11.6 Å². The van der Waals surface area contributed by atoms with Crippen molar-refractivity contribution in [1.82, 2.24) is 9.99 Å². The molecule has 0 amide bonds. The number of aromatic nitrogens is 1. The van der Waals surface area contributed by atoms with E-state index in [2.05, 4.69) is 20.9 Å². The van der Waals surface area contributed by atoms with Crippen LogP contribution in [0.5, 0.6) is 0 Å². The molecule has 5 atom stereocenters. The van der Waals surface area contributed by atoms with E-state index in [1.807, 2.05) is 0 Å². The minimum Gasteiger partial charge on any atom is -0.395 e. The molecule has 1 aromatic heterocycles. The summed E-state index contributed by atoms with van der Waals surface area (Å²) in [6.45, 7) is -0.478. The summed E-state index contributed by atoms with van der Waals surface area (Å²) in [7, 11) is 0. The number of aliphatic hydroxyl groups excluding tert-OH is 3. The SMILES string of the molecule is N/C(=C\N(N)C1C(O)C(CO)OC(Sc2ccc(F)c(Br)c2)C1O)c1nccs1. The van der Waals surface area contributed by atoms with Crippen LogP contribution in [0.1, 0.15) is 5.01 Å². The molecule has 12 heteroatoms. The third kappa shape index (κ3) is 5.09. The average molecular weight is 507 g/mol. The van der Waals surface area contributed by atoms with Crippen LogP contribution in [0.15, 0.2) is 45.3 Å². The molecule has 0 aliphatic carbocycles. The lowest BCUT2D eigenvalue weighted by atomic mass is 9.97. The van der Waals surface area contributed by atoms with E-state index in [-0.39, 0.29) is 10.2 Å². The molecular formula is C17H20BrFN4O4S2. The van der Waals surface area contributed by atoms with E-state index in [1.54, 1.807) is 17.6 Å². The second-order valence-corrected chi connectivity index (χ2v) is 9.18. The van der Waals surface area contributed by atoms with Gasteiger partial charge < -0.3 is 30.8 Å². The first kappa shape index (κ1) is 22.4. The highest BCUT2D eigenvalue weighted by Crippen LogP contribution is 2.36. The Morgan fingerprint density at radius 3 is 2.79 bits per heavy atom. The number of benzene rings is 1. The van der Waals surface area contributed by atoms with Crippen LogP contribution in [0, 0.1) is 5.82 Å². The molecule has 1 aromatic carbocycles. The molecule has 2 heterocycles. The quantitative estimate of drug-likeness (QED) is 0.287. The van der Waals surface area contributed by atoms with Crippen molar-refractivity contribution < 1.29 is 24.4 Å². The predicted molar refractivity (Wildman–Crippen MR) is 112 cm³/mol. The molecule has 1 fully saturated rings. The summed E-state index contributed by atoms with van der Waals surface area (Å²) in [4.78, 5) is 4.70. The zero-order valence-electron chi connectivity index (χ0n) is 14.9. The standard InChI is InChI=1S/C17H20BrFN4O4S2/c18-9-5-8(1-2-10(9)19)29-17-15(26)13(14(25)12(7-24)27-17)23(21)6-11(20)16-22-3-4-28-16/h1-6,12-15,17,24-26H,7,20-21H2/b11-6-. The Labute approximate surface area is 183 Å². The van der Waals surface area contributed by atoms with Crippen molar-refractivity contribution in [2.75, 3.05) is 6.61 Å². The van der Waals surface area contributed by atoms with Crippen LogP contribution in [-0.2, 0) is 4.74 Å². The van der Waals surface area contributed by atoms with E-state index in [0.29, 0.717) is 9.90 Å². The third-order valence-electron chi connectivity index (χ3n) is 4.30. The minimum absolute atomic E-state index is 0.264. The normalized spacial score (nSPS) is 27.8. The van der Waals surface area contributed by atoms with Gasteiger partial charge in [0.25, 0.3) is 0 Å². The second kappa shape index (κ2) is 9.71. The number of hydrazine groups is 1. The number of aliphatic hydroxyl groups is 3. The average Bonchev–Trinajstić information content (AvgIpc) is 3.22. The summed E-state index contributed by atoms with van der Waals surface area (Å²) < 4.78 is 19.4. The summed E-state index contributed by atoms with van der Waals surface area (Å²) in [5.41, 5.74) is 5.38. The maximum atomic E-state index is 13.5. The first-order valence-electron chi connectivity index (χ1n) is 8.46. The van der Waals surface area contributed by atoms with Gasteiger partial charge in [0.1, 0.15) is 40.6 Å². The maximum absolute atomic E-state index is 13.5. The smallest absolute Gasteiger partial charge is 0.140 e. The van der Waals surface area contributed by atoms with Gasteiger partial charge in [0.15, 0.2) is 0 Å². The van der Waals surface area contributed by atoms with Gasteiger partial charge in [0, 0.05) is 22.7 Å². The fourth-order valence-electron chi connectivity index (χ4n) is 2.87. The minimum atomic E-state index is -1.28. The van der Waals surface area contributed by atoms with Crippen molar-refractivity contribution >= 4 is 44.7 Å². The maximum Gasteiger partial charge on any atom is 0.140 e. The molecule has 8 nitrogen and oxygen atoms in total. The lowest BCUT2D eigenvalue weighted by Gasteiger charge is -2.45. The molecule has 1 saturated heterocycles. The number of nitrogens with two attached hydrogens (primary N) is 2. The molecule has 1 aliphatic rings. The Hall–Kier alpha value is -1.25. The van der Waals surface area contributed by atoms with E-state index >= 15 is 0 Å². The number of hydrogen-bond acceptors (Lipinski definition) is 10. The number of halogens is 2. The van der Waals surface area contributed by atoms with Gasteiger partial charge in [-0.3, -0.25) is 0 Å². The summed E-state index contributed by atoms with van der Waals surface area (Å²) in [6, 6.07) is 3.35. The number of nitrogens with zero attached hydrogens (tertiary/aromatic N) is 2. The van der Waals surface area contributed by atoms with Crippen molar-refractivity contribution in [3.63, 3.8) is 0 Å². The molecule has 2 aromatic rings. The molecule has 3 rings (SSSR count). The molecular weight excluding hydrogens is 487 g/mol. The van der Waals surface area contributed by atoms with Crippen LogP contribution in [-0.4, -0.2) is 61.7 Å².